The average molecular weight is 765 g/mol. The Morgan fingerprint density at radius 2 is 1.44 bits per heavy atom. The van der Waals surface area contributed by atoms with Crippen LogP contribution in [0.25, 0.3) is 0 Å². The van der Waals surface area contributed by atoms with E-state index in [-0.39, 0.29) is 37.3 Å². The van der Waals surface area contributed by atoms with E-state index < -0.39 is 103 Å². The van der Waals surface area contributed by atoms with Crippen LogP contribution in [0.15, 0.2) is 24.3 Å². The first-order chi connectivity index (χ1) is 25.9. The number of hydrogen-bond donors (Lipinski definition) is 6. The van der Waals surface area contributed by atoms with Crippen LogP contribution >= 0.6 is 0 Å². The van der Waals surface area contributed by atoms with Gasteiger partial charge in [0.15, 0.2) is 41.7 Å². The molecule has 0 saturated carbocycles. The molecule has 6 N–H and O–H groups in total. The fraction of sp³-hybridized carbons (Fsp3) is 0.600. The summed E-state index contributed by atoms with van der Waals surface area (Å²) in [5.74, 6) is -3.73. The maximum Gasteiger partial charge on any atom is 0.335 e. The topological polar surface area (TPSA) is 257 Å². The Hall–Kier alpha value is -4.02. The Bertz CT molecular complexity index is 1740. The summed E-state index contributed by atoms with van der Waals surface area (Å²) in [5.41, 5.74) is 1.60. The molecule has 15 atom stereocenters. The van der Waals surface area contributed by atoms with E-state index in [4.69, 9.17) is 52.1 Å². The number of cyclic esters (lactones) is 1. The van der Waals surface area contributed by atoms with Gasteiger partial charge in [0.1, 0.15) is 42.7 Å². The second kappa shape index (κ2) is 14.2. The van der Waals surface area contributed by atoms with Gasteiger partial charge in [0.05, 0.1) is 39.5 Å². The van der Waals surface area contributed by atoms with E-state index in [1.54, 1.807) is 31.2 Å². The SMILES string of the molecule is COc1cc([C@@H]2c3cc4c(cc3[C@@H](O[C@@H]3O[C@@H]5CO[C@H](C)O[C@@H]5[C@@H](O)[C@@H]3O)[C@H]3COC(=O)[C@H]23)OCO4)cc(OC)c1O[C@@H]1O[C@H](C(=O)O)[C@@H](O)[C@H](O)[C@H]1O. The minimum atomic E-state index is -1.94. The van der Waals surface area contributed by atoms with Crippen LogP contribution in [-0.2, 0) is 38.0 Å². The van der Waals surface area contributed by atoms with Gasteiger partial charge >= 0.3 is 11.9 Å². The molecule has 0 unspecified atom stereocenters. The molecule has 19 heteroatoms. The highest BCUT2D eigenvalue weighted by molar-refractivity contribution is 5.79. The number of rotatable bonds is 8. The zero-order valence-electron chi connectivity index (χ0n) is 29.1. The standard InChI is InChI=1S/C35H40O19/c1-11-46-9-20-30(50-11)25(38)27(40)34(51-20)52-28-14-7-17-16(48-10-49-17)6-13(14)21(22-15(28)8-47-33(22)43)12-4-18(44-2)29(19(5-12)45-3)53-35-26(39)23(36)24(37)31(54-35)32(41)42/h4-7,11,15,20-28,30-31,34-40H,8-10H2,1-3H3,(H,41,42)/t11-,15-,20+,21+,22-,23-,24-,25-,26+,27-,28+,30-,31-,34-,35+/m0/s1. The second-order valence-corrected chi connectivity index (χ2v) is 13.8. The maximum absolute atomic E-state index is 13.7. The first-order valence-corrected chi connectivity index (χ1v) is 17.3. The van der Waals surface area contributed by atoms with Gasteiger partial charge in [-0.3, -0.25) is 4.79 Å². The maximum atomic E-state index is 13.7. The average Bonchev–Trinajstić information content (AvgIpc) is 3.79. The molecule has 8 rings (SSSR count). The highest BCUT2D eigenvalue weighted by atomic mass is 16.8. The Balaban J connectivity index is 1.17. The largest absolute Gasteiger partial charge is 0.493 e. The number of carbonyl (C=O) groups is 2. The number of benzene rings is 2. The normalized spacial score (nSPS) is 39.5. The summed E-state index contributed by atoms with van der Waals surface area (Å²) in [6, 6.07) is 6.57. The monoisotopic (exact) mass is 764 g/mol. The van der Waals surface area contributed by atoms with Crippen molar-refractivity contribution in [3.63, 3.8) is 0 Å². The van der Waals surface area contributed by atoms with Gasteiger partial charge in [0.25, 0.3) is 0 Å². The number of carbonyl (C=O) groups excluding carboxylic acids is 1. The van der Waals surface area contributed by atoms with Crippen molar-refractivity contribution in [3.05, 3.63) is 41.0 Å². The molecule has 294 valence electrons. The van der Waals surface area contributed by atoms with Crippen LogP contribution in [0.3, 0.4) is 0 Å². The van der Waals surface area contributed by atoms with Gasteiger partial charge in [-0.15, -0.1) is 0 Å². The van der Waals surface area contributed by atoms with E-state index in [0.29, 0.717) is 28.2 Å². The minimum absolute atomic E-state index is 0.0183. The first-order valence-electron chi connectivity index (χ1n) is 17.3. The second-order valence-electron chi connectivity index (χ2n) is 13.8. The molecule has 6 aliphatic rings. The molecule has 4 fully saturated rings. The van der Waals surface area contributed by atoms with Crippen molar-refractivity contribution >= 4 is 11.9 Å². The van der Waals surface area contributed by atoms with Gasteiger partial charge in [-0.1, -0.05) is 0 Å². The Morgan fingerprint density at radius 1 is 0.778 bits per heavy atom. The van der Waals surface area contributed by atoms with Crippen LogP contribution in [0.2, 0.25) is 0 Å². The molecule has 54 heavy (non-hydrogen) atoms. The van der Waals surface area contributed by atoms with Crippen LogP contribution in [0.4, 0.5) is 0 Å². The zero-order valence-corrected chi connectivity index (χ0v) is 29.1. The Labute approximate surface area is 306 Å². The summed E-state index contributed by atoms with van der Waals surface area (Å²) in [6.45, 7) is 1.64. The van der Waals surface area contributed by atoms with E-state index in [1.165, 1.54) is 14.2 Å². The van der Waals surface area contributed by atoms with Crippen LogP contribution in [-0.4, -0.2) is 145 Å². The molecule has 5 heterocycles. The third-order valence-electron chi connectivity index (χ3n) is 10.8. The number of carboxylic acid groups (broad SMARTS) is 1. The summed E-state index contributed by atoms with van der Waals surface area (Å²) in [7, 11) is 2.65. The summed E-state index contributed by atoms with van der Waals surface area (Å²) in [6.07, 6.45) is -16.8. The zero-order chi connectivity index (χ0) is 38.2. The summed E-state index contributed by atoms with van der Waals surface area (Å²) < 4.78 is 63.5. The lowest BCUT2D eigenvalue weighted by Gasteiger charge is -2.47. The van der Waals surface area contributed by atoms with E-state index in [9.17, 15) is 40.2 Å². The third-order valence-corrected chi connectivity index (χ3v) is 10.8. The van der Waals surface area contributed by atoms with Crippen molar-refractivity contribution in [2.45, 2.75) is 86.6 Å². The molecule has 0 bridgehead atoms. The van der Waals surface area contributed by atoms with Gasteiger partial charge in [0, 0.05) is 11.8 Å². The number of ether oxygens (including phenoxy) is 11. The van der Waals surface area contributed by atoms with Crippen molar-refractivity contribution in [2.75, 3.05) is 34.2 Å². The summed E-state index contributed by atoms with van der Waals surface area (Å²) in [5, 5.41) is 62.9. The number of carboxylic acids is 1. The Kier molecular flexibility index (Phi) is 9.74. The van der Waals surface area contributed by atoms with Crippen molar-refractivity contribution in [1.29, 1.82) is 0 Å². The van der Waals surface area contributed by atoms with Crippen molar-refractivity contribution < 1.29 is 92.3 Å². The predicted molar refractivity (Wildman–Crippen MR) is 172 cm³/mol. The molecule has 5 aliphatic heterocycles. The molecular weight excluding hydrogens is 724 g/mol. The summed E-state index contributed by atoms with van der Waals surface area (Å²) in [4.78, 5) is 25.4. The molecule has 0 radical (unpaired) electrons. The Morgan fingerprint density at radius 3 is 2.11 bits per heavy atom. The molecule has 1 aliphatic carbocycles. The van der Waals surface area contributed by atoms with Gasteiger partial charge in [-0.05, 0) is 47.9 Å². The van der Waals surface area contributed by atoms with E-state index in [1.807, 2.05) is 0 Å². The van der Waals surface area contributed by atoms with Crippen LogP contribution in [0, 0.1) is 11.8 Å². The number of fused-ring (bicyclic) bond motifs is 4. The molecule has 0 amide bonds. The van der Waals surface area contributed by atoms with Gasteiger partial charge in [-0.2, -0.15) is 0 Å². The first kappa shape index (κ1) is 36.9. The van der Waals surface area contributed by atoms with E-state index >= 15 is 0 Å². The number of aliphatic hydroxyl groups is 5. The molecule has 0 spiro atoms. The molecule has 4 saturated heterocycles. The molecular formula is C35H40O19. The van der Waals surface area contributed by atoms with Crippen LogP contribution in [0.1, 0.15) is 35.6 Å². The van der Waals surface area contributed by atoms with Crippen molar-refractivity contribution in [3.8, 4) is 28.7 Å². The predicted octanol–water partition coefficient (Wildman–Crippen LogP) is -1.10. The lowest BCUT2D eigenvalue weighted by atomic mass is 9.66. The van der Waals surface area contributed by atoms with Gasteiger partial charge in [0.2, 0.25) is 18.8 Å². The quantitative estimate of drug-likeness (QED) is 0.175. The smallest absolute Gasteiger partial charge is 0.335 e. The lowest BCUT2D eigenvalue weighted by molar-refractivity contribution is -0.364. The highest BCUT2D eigenvalue weighted by Gasteiger charge is 2.56. The number of hydrogen-bond acceptors (Lipinski definition) is 18. The van der Waals surface area contributed by atoms with E-state index in [2.05, 4.69) is 0 Å². The molecule has 0 aromatic heterocycles. The molecule has 2 aromatic carbocycles. The minimum Gasteiger partial charge on any atom is -0.493 e. The summed E-state index contributed by atoms with van der Waals surface area (Å²) >= 11 is 0. The third kappa shape index (κ3) is 6.08. The van der Waals surface area contributed by atoms with Crippen LogP contribution in [0.5, 0.6) is 28.7 Å². The van der Waals surface area contributed by atoms with E-state index in [0.717, 1.165) is 0 Å². The number of aliphatic carboxylic acids is 1. The fourth-order valence-electron chi connectivity index (χ4n) is 8.10. The lowest BCUT2D eigenvalue weighted by Crippen LogP contribution is -2.63. The number of methoxy groups -OCH3 is 2. The van der Waals surface area contributed by atoms with Crippen LogP contribution < -0.4 is 23.7 Å². The van der Waals surface area contributed by atoms with Gasteiger partial charge < -0.3 is 82.7 Å². The van der Waals surface area contributed by atoms with Gasteiger partial charge in [-0.25, -0.2) is 4.79 Å². The highest BCUT2D eigenvalue weighted by Crippen LogP contribution is 2.57. The molecule has 19 nitrogen and oxygen atoms in total. The van der Waals surface area contributed by atoms with Crippen molar-refractivity contribution in [2.24, 2.45) is 11.8 Å². The number of aliphatic hydroxyl groups excluding tert-OH is 5. The fourth-order valence-corrected chi connectivity index (χ4v) is 8.10. The number of esters is 1. The van der Waals surface area contributed by atoms with Crippen molar-refractivity contribution in [1.82, 2.24) is 0 Å². The molecule has 2 aromatic rings.